The van der Waals surface area contributed by atoms with E-state index in [-0.39, 0.29) is 60.1 Å². The lowest BCUT2D eigenvalue weighted by molar-refractivity contribution is -0.117. The summed E-state index contributed by atoms with van der Waals surface area (Å²) in [7, 11) is 0. The van der Waals surface area contributed by atoms with Crippen molar-refractivity contribution < 1.29 is 46.5 Å². The zero-order valence-electron chi connectivity index (χ0n) is 30.2. The van der Waals surface area contributed by atoms with Crippen LogP contribution < -0.4 is 9.47 Å². The number of aromatic nitrogens is 1. The van der Waals surface area contributed by atoms with Crippen LogP contribution in [0.3, 0.4) is 0 Å². The molecule has 57 heavy (non-hydrogen) atoms. The Hall–Kier alpha value is -5.24. The molecule has 1 aromatic heterocycles. The average molecular weight is 930 g/mol. The largest absolute Gasteiger partial charge is 0.488 e. The maximum Gasteiger partial charge on any atom is 0.335 e. The van der Waals surface area contributed by atoms with Gasteiger partial charge in [-0.1, -0.05) is 43.5 Å². The van der Waals surface area contributed by atoms with Gasteiger partial charge in [0.25, 0.3) is 0 Å². The van der Waals surface area contributed by atoms with E-state index in [1.807, 2.05) is 29.7 Å². The standard InChI is InChI=1S/C25H17BrClF2NO3.C18H15BrF2O3/c1-14-2-8-22(30(14)23-10-15(25(31)32)4-7-20(23)27)19-11-17(26)5-9-24(19)33-13-16-3-6-18(28)12-21(16)29;1-11(22)2-6-17(23)15-8-13(19)4-7-18(15)24-10-12-3-5-14(20)9-16(12)21/h2-12H,13H2,1H3,(H,31,32);3-5,7-9H,2,6,10H2,1H3. The van der Waals surface area contributed by atoms with Crippen LogP contribution in [0.2, 0.25) is 5.02 Å². The lowest BCUT2D eigenvalue weighted by Gasteiger charge is -2.17. The molecule has 0 aliphatic carbocycles. The molecule has 294 valence electrons. The Balaban J connectivity index is 0.000000230. The third-order valence-electron chi connectivity index (χ3n) is 8.47. The third kappa shape index (κ3) is 11.2. The molecule has 1 heterocycles. The molecule has 0 saturated carbocycles. The highest BCUT2D eigenvalue weighted by Gasteiger charge is 2.19. The number of hydrogen-bond acceptors (Lipinski definition) is 5. The molecule has 7 nitrogen and oxygen atoms in total. The van der Waals surface area contributed by atoms with E-state index in [2.05, 4.69) is 31.9 Å². The molecular weight excluding hydrogens is 898 g/mol. The maximum atomic E-state index is 14.1. The number of nitrogens with zero attached hydrogens (tertiary/aromatic N) is 1. The summed E-state index contributed by atoms with van der Waals surface area (Å²) in [4.78, 5) is 34.8. The molecule has 0 fully saturated rings. The Labute approximate surface area is 347 Å². The molecule has 6 rings (SSSR count). The van der Waals surface area contributed by atoms with Crippen molar-refractivity contribution >= 4 is 61.0 Å². The minimum absolute atomic E-state index is 0.0748. The van der Waals surface area contributed by atoms with Crippen molar-refractivity contribution in [1.82, 2.24) is 4.57 Å². The van der Waals surface area contributed by atoms with Crippen molar-refractivity contribution in [2.24, 2.45) is 0 Å². The summed E-state index contributed by atoms with van der Waals surface area (Å²) in [5.41, 5.74) is 3.52. The normalized spacial score (nSPS) is 10.8. The molecule has 0 aliphatic rings. The molecular formula is C43H32Br2ClF4NO6. The highest BCUT2D eigenvalue weighted by atomic mass is 79.9. The highest BCUT2D eigenvalue weighted by Crippen LogP contribution is 2.38. The fourth-order valence-electron chi connectivity index (χ4n) is 5.57. The molecule has 0 spiro atoms. The number of halogens is 7. The van der Waals surface area contributed by atoms with Gasteiger partial charge in [0.05, 0.1) is 27.5 Å². The van der Waals surface area contributed by atoms with Crippen LogP contribution in [0.4, 0.5) is 17.6 Å². The second-order valence-corrected chi connectivity index (χ2v) is 14.9. The molecule has 0 unspecified atom stereocenters. The van der Waals surface area contributed by atoms with E-state index in [1.165, 1.54) is 37.3 Å². The molecule has 0 saturated heterocycles. The number of Topliss-reactive ketones (excluding diaryl/α,β-unsaturated/α-hetero) is 2. The van der Waals surface area contributed by atoms with Crippen LogP contribution in [0.5, 0.6) is 11.5 Å². The summed E-state index contributed by atoms with van der Waals surface area (Å²) >= 11 is 13.2. The van der Waals surface area contributed by atoms with Crippen LogP contribution in [-0.4, -0.2) is 27.2 Å². The number of carboxylic acid groups (broad SMARTS) is 1. The van der Waals surface area contributed by atoms with Crippen molar-refractivity contribution in [3.05, 3.63) is 168 Å². The highest BCUT2D eigenvalue weighted by molar-refractivity contribution is 9.10. The first-order valence-electron chi connectivity index (χ1n) is 17.1. The summed E-state index contributed by atoms with van der Waals surface area (Å²) in [5, 5.41) is 9.80. The van der Waals surface area contributed by atoms with Gasteiger partial charge >= 0.3 is 5.97 Å². The molecule has 0 atom stereocenters. The first kappa shape index (κ1) is 42.9. The summed E-state index contributed by atoms with van der Waals surface area (Å²) in [6.45, 7) is 3.05. The van der Waals surface area contributed by atoms with E-state index >= 15 is 0 Å². The number of ether oxygens (including phenoxy) is 2. The Kier molecular flexibility index (Phi) is 14.5. The van der Waals surface area contributed by atoms with Crippen molar-refractivity contribution in [2.75, 3.05) is 0 Å². The monoisotopic (exact) mass is 927 g/mol. The number of carboxylic acids is 1. The summed E-state index contributed by atoms with van der Waals surface area (Å²) in [5.74, 6) is -3.35. The second-order valence-electron chi connectivity index (χ2n) is 12.6. The Morgan fingerprint density at radius 3 is 1.86 bits per heavy atom. The van der Waals surface area contributed by atoms with E-state index in [9.17, 15) is 37.1 Å². The van der Waals surface area contributed by atoms with Gasteiger partial charge in [0.15, 0.2) is 5.78 Å². The summed E-state index contributed by atoms with van der Waals surface area (Å²) < 4.78 is 68.6. The van der Waals surface area contributed by atoms with Gasteiger partial charge < -0.3 is 23.9 Å². The molecule has 5 aromatic carbocycles. The van der Waals surface area contributed by atoms with Gasteiger partial charge in [0.2, 0.25) is 0 Å². The fraction of sp³-hybridized carbons (Fsp3) is 0.140. The van der Waals surface area contributed by atoms with Crippen LogP contribution in [0.15, 0.2) is 112 Å². The van der Waals surface area contributed by atoms with E-state index < -0.39 is 29.2 Å². The van der Waals surface area contributed by atoms with E-state index in [0.29, 0.717) is 37.8 Å². The quantitative estimate of drug-likeness (QED) is 0.0916. The van der Waals surface area contributed by atoms with Gasteiger partial charge in [0, 0.05) is 56.3 Å². The van der Waals surface area contributed by atoms with Gasteiger partial charge in [-0.25, -0.2) is 22.4 Å². The number of benzene rings is 5. The van der Waals surface area contributed by atoms with Crippen LogP contribution in [-0.2, 0) is 18.0 Å². The van der Waals surface area contributed by atoms with Crippen molar-refractivity contribution in [2.45, 2.75) is 39.9 Å². The number of carbonyl (C=O) groups excluding carboxylic acids is 2. The van der Waals surface area contributed by atoms with Gasteiger partial charge in [0.1, 0.15) is 53.8 Å². The Morgan fingerprint density at radius 1 is 0.702 bits per heavy atom. The first-order chi connectivity index (χ1) is 27.1. The van der Waals surface area contributed by atoms with E-state index in [1.54, 1.807) is 36.4 Å². The number of ketones is 2. The maximum absolute atomic E-state index is 14.1. The number of aromatic carboxylic acids is 1. The molecule has 6 aromatic rings. The van der Waals surface area contributed by atoms with Gasteiger partial charge in [-0.2, -0.15) is 0 Å². The topological polar surface area (TPSA) is 94.8 Å². The van der Waals surface area contributed by atoms with Gasteiger partial charge in [-0.3, -0.25) is 4.79 Å². The number of rotatable bonds is 13. The predicted molar refractivity (Wildman–Crippen MR) is 215 cm³/mol. The van der Waals surface area contributed by atoms with E-state index in [4.69, 9.17) is 21.1 Å². The van der Waals surface area contributed by atoms with Crippen LogP contribution in [0.1, 0.15) is 57.3 Å². The smallest absolute Gasteiger partial charge is 0.335 e. The zero-order valence-corrected chi connectivity index (χ0v) is 34.2. The Morgan fingerprint density at radius 2 is 1.28 bits per heavy atom. The van der Waals surface area contributed by atoms with Gasteiger partial charge in [-0.05, 0) is 105 Å². The molecule has 0 radical (unpaired) electrons. The average Bonchev–Trinajstić information content (AvgIpc) is 3.54. The first-order valence-corrected chi connectivity index (χ1v) is 19.0. The fourth-order valence-corrected chi connectivity index (χ4v) is 6.50. The van der Waals surface area contributed by atoms with Gasteiger partial charge in [-0.15, -0.1) is 0 Å². The lowest BCUT2D eigenvalue weighted by Crippen LogP contribution is -2.07. The summed E-state index contributed by atoms with van der Waals surface area (Å²) in [6, 6.07) is 25.0. The van der Waals surface area contributed by atoms with Crippen LogP contribution in [0.25, 0.3) is 16.9 Å². The summed E-state index contributed by atoms with van der Waals surface area (Å²) in [6.07, 6.45) is 0.227. The van der Waals surface area contributed by atoms with Crippen molar-refractivity contribution in [1.29, 1.82) is 0 Å². The SMILES string of the molecule is CC(=O)CCC(=O)c1cc(Br)ccc1OCc1ccc(F)cc1F.Cc1ccc(-c2cc(Br)ccc2OCc2ccc(F)cc2F)n1-c1cc(C(=O)O)ccc1Cl. The number of carbonyl (C=O) groups is 3. The zero-order chi connectivity index (χ0) is 41.4. The minimum atomic E-state index is -1.06. The van der Waals surface area contributed by atoms with E-state index in [0.717, 1.165) is 28.4 Å². The number of aryl methyl sites for hydroxylation is 1. The van der Waals surface area contributed by atoms with Crippen molar-refractivity contribution in [3.8, 4) is 28.4 Å². The van der Waals surface area contributed by atoms with Crippen LogP contribution in [0, 0.1) is 30.2 Å². The van der Waals surface area contributed by atoms with Crippen molar-refractivity contribution in [3.63, 3.8) is 0 Å². The second kappa shape index (κ2) is 19.3. The molecule has 1 N–H and O–H groups in total. The third-order valence-corrected chi connectivity index (χ3v) is 9.78. The van der Waals surface area contributed by atoms with Crippen LogP contribution >= 0.6 is 43.5 Å². The minimum Gasteiger partial charge on any atom is -0.488 e. The number of hydrogen-bond donors (Lipinski definition) is 1. The molecule has 14 heteroatoms. The molecule has 0 bridgehead atoms. The lowest BCUT2D eigenvalue weighted by atomic mass is 10.0. The molecule has 0 aliphatic heterocycles. The molecule has 0 amide bonds. The Bertz CT molecular complexity index is 2470. The predicted octanol–water partition coefficient (Wildman–Crippen LogP) is 12.3.